The van der Waals surface area contributed by atoms with Crippen LogP contribution in [0.1, 0.15) is 28.2 Å². The molecule has 9 heteroatoms. The van der Waals surface area contributed by atoms with Crippen molar-refractivity contribution in [2.24, 2.45) is 7.05 Å². The van der Waals surface area contributed by atoms with Crippen molar-refractivity contribution in [2.75, 3.05) is 33.3 Å². The standard InChI is InChI=1S/C19H26N4O4S/c1-14-18(15(2)21(3)20-14)28(25,26)23-11-7-10-22(12-13-23)19(24)16-8-5-6-9-17(16)27-4/h5-6,8-9H,7,10-13H2,1-4H3. The van der Waals surface area contributed by atoms with Crippen LogP contribution in [-0.2, 0) is 17.1 Å². The van der Waals surface area contributed by atoms with E-state index in [4.69, 9.17) is 4.74 Å². The molecule has 0 bridgehead atoms. The maximum absolute atomic E-state index is 13.2. The third-order valence-corrected chi connectivity index (χ3v) is 7.27. The van der Waals surface area contributed by atoms with Crippen molar-refractivity contribution in [2.45, 2.75) is 25.2 Å². The van der Waals surface area contributed by atoms with Gasteiger partial charge in [0.25, 0.3) is 5.91 Å². The maximum Gasteiger partial charge on any atom is 0.257 e. The smallest absolute Gasteiger partial charge is 0.257 e. The number of sulfonamides is 1. The average molecular weight is 407 g/mol. The predicted molar refractivity (Wildman–Crippen MR) is 105 cm³/mol. The summed E-state index contributed by atoms with van der Waals surface area (Å²) in [7, 11) is -0.402. The van der Waals surface area contributed by atoms with E-state index in [0.717, 1.165) is 0 Å². The molecule has 1 saturated heterocycles. The number of rotatable bonds is 4. The van der Waals surface area contributed by atoms with Crippen molar-refractivity contribution >= 4 is 15.9 Å². The summed E-state index contributed by atoms with van der Waals surface area (Å²) >= 11 is 0. The molecule has 1 aromatic heterocycles. The number of para-hydroxylation sites is 1. The molecular weight excluding hydrogens is 380 g/mol. The molecule has 152 valence electrons. The fourth-order valence-electron chi connectivity index (χ4n) is 3.59. The zero-order valence-corrected chi connectivity index (χ0v) is 17.5. The monoisotopic (exact) mass is 406 g/mol. The van der Waals surface area contributed by atoms with Crippen molar-refractivity contribution < 1.29 is 17.9 Å². The number of hydrogen-bond acceptors (Lipinski definition) is 5. The summed E-state index contributed by atoms with van der Waals surface area (Å²) in [6, 6.07) is 7.07. The molecule has 0 spiro atoms. The van der Waals surface area contributed by atoms with Crippen LogP contribution in [-0.4, -0.2) is 66.6 Å². The zero-order chi connectivity index (χ0) is 20.5. The lowest BCUT2D eigenvalue weighted by atomic mass is 10.1. The van der Waals surface area contributed by atoms with Crippen LogP contribution in [0, 0.1) is 13.8 Å². The van der Waals surface area contributed by atoms with Gasteiger partial charge in [0.2, 0.25) is 10.0 Å². The quantitative estimate of drug-likeness (QED) is 0.770. The molecule has 2 aromatic rings. The predicted octanol–water partition coefficient (Wildman–Crippen LogP) is 1.58. The van der Waals surface area contributed by atoms with E-state index < -0.39 is 10.0 Å². The summed E-state index contributed by atoms with van der Waals surface area (Å²) < 4.78 is 34.7. The van der Waals surface area contributed by atoms with Crippen LogP contribution in [0.3, 0.4) is 0 Å². The fourth-order valence-corrected chi connectivity index (χ4v) is 5.45. The highest BCUT2D eigenvalue weighted by molar-refractivity contribution is 7.89. The molecule has 1 aliphatic rings. The number of ether oxygens (including phenoxy) is 1. The van der Waals surface area contributed by atoms with Crippen LogP contribution >= 0.6 is 0 Å². The van der Waals surface area contributed by atoms with Gasteiger partial charge in [0.15, 0.2) is 0 Å². The summed E-state index contributed by atoms with van der Waals surface area (Å²) in [5, 5.41) is 4.23. The number of hydrogen-bond donors (Lipinski definition) is 0. The Morgan fingerprint density at radius 1 is 1.11 bits per heavy atom. The molecule has 0 atom stereocenters. The first-order valence-electron chi connectivity index (χ1n) is 9.20. The van der Waals surface area contributed by atoms with E-state index in [2.05, 4.69) is 5.10 Å². The summed E-state index contributed by atoms with van der Waals surface area (Å²) in [5.74, 6) is 0.369. The van der Waals surface area contributed by atoms with E-state index in [-0.39, 0.29) is 17.3 Å². The van der Waals surface area contributed by atoms with Crippen LogP contribution in [0.4, 0.5) is 0 Å². The Balaban J connectivity index is 1.81. The van der Waals surface area contributed by atoms with Gasteiger partial charge < -0.3 is 9.64 Å². The van der Waals surface area contributed by atoms with Gasteiger partial charge in [-0.1, -0.05) is 12.1 Å². The van der Waals surface area contributed by atoms with Gasteiger partial charge in [-0.25, -0.2) is 8.42 Å². The van der Waals surface area contributed by atoms with Gasteiger partial charge in [0.1, 0.15) is 10.6 Å². The van der Waals surface area contributed by atoms with Gasteiger partial charge in [0.05, 0.1) is 24.1 Å². The lowest BCUT2D eigenvalue weighted by Gasteiger charge is -2.22. The summed E-state index contributed by atoms with van der Waals surface area (Å²) in [6.07, 6.45) is 0.568. The van der Waals surface area contributed by atoms with Crippen molar-refractivity contribution in [3.63, 3.8) is 0 Å². The second-order valence-electron chi connectivity index (χ2n) is 6.87. The highest BCUT2D eigenvalue weighted by Gasteiger charge is 2.33. The van der Waals surface area contributed by atoms with Gasteiger partial charge in [-0.3, -0.25) is 9.48 Å². The second kappa shape index (κ2) is 7.92. The molecule has 0 aliphatic carbocycles. The van der Waals surface area contributed by atoms with Crippen LogP contribution in [0.25, 0.3) is 0 Å². The second-order valence-corrected chi connectivity index (χ2v) is 8.75. The van der Waals surface area contributed by atoms with Crippen molar-refractivity contribution in [3.8, 4) is 5.75 Å². The van der Waals surface area contributed by atoms with Gasteiger partial charge in [-0.2, -0.15) is 9.40 Å². The molecule has 0 radical (unpaired) electrons. The Hall–Kier alpha value is -2.39. The Bertz CT molecular complexity index is 984. The molecule has 0 saturated carbocycles. The highest BCUT2D eigenvalue weighted by Crippen LogP contribution is 2.25. The molecule has 1 fully saturated rings. The average Bonchev–Trinajstić information content (AvgIpc) is 2.85. The SMILES string of the molecule is COc1ccccc1C(=O)N1CCCN(S(=O)(=O)c2c(C)nn(C)c2C)CC1. The van der Waals surface area contributed by atoms with Crippen molar-refractivity contribution in [1.82, 2.24) is 19.0 Å². The molecule has 1 amide bonds. The lowest BCUT2D eigenvalue weighted by Crippen LogP contribution is -2.37. The van der Waals surface area contributed by atoms with Gasteiger partial charge in [-0.15, -0.1) is 0 Å². The molecule has 1 aliphatic heterocycles. The Kier molecular flexibility index (Phi) is 5.76. The number of amides is 1. The van der Waals surface area contributed by atoms with E-state index in [1.165, 1.54) is 11.4 Å². The summed E-state index contributed by atoms with van der Waals surface area (Å²) in [6.45, 7) is 4.89. The van der Waals surface area contributed by atoms with Crippen molar-refractivity contribution in [3.05, 3.63) is 41.2 Å². The first-order chi connectivity index (χ1) is 13.3. The van der Waals surface area contributed by atoms with E-state index in [9.17, 15) is 13.2 Å². The Labute approximate surface area is 165 Å². The Morgan fingerprint density at radius 2 is 1.82 bits per heavy atom. The number of nitrogens with zero attached hydrogens (tertiary/aromatic N) is 4. The number of carbonyl (C=O) groups excluding carboxylic acids is 1. The molecular formula is C19H26N4O4S. The molecule has 28 heavy (non-hydrogen) atoms. The molecule has 3 rings (SSSR count). The van der Waals surface area contributed by atoms with E-state index in [1.54, 1.807) is 48.7 Å². The topological polar surface area (TPSA) is 84.7 Å². The van der Waals surface area contributed by atoms with Gasteiger partial charge in [0, 0.05) is 33.2 Å². The molecule has 2 heterocycles. The van der Waals surface area contributed by atoms with E-state index in [0.29, 0.717) is 48.8 Å². The van der Waals surface area contributed by atoms with Crippen LogP contribution in [0.15, 0.2) is 29.2 Å². The lowest BCUT2D eigenvalue weighted by molar-refractivity contribution is 0.0761. The third kappa shape index (κ3) is 3.64. The van der Waals surface area contributed by atoms with E-state index in [1.807, 2.05) is 6.07 Å². The van der Waals surface area contributed by atoms with E-state index >= 15 is 0 Å². The minimum Gasteiger partial charge on any atom is -0.496 e. The number of carbonyl (C=O) groups is 1. The molecule has 1 aromatic carbocycles. The minimum absolute atomic E-state index is 0.148. The molecule has 8 nitrogen and oxygen atoms in total. The minimum atomic E-state index is -3.67. The number of benzene rings is 1. The molecule has 0 unspecified atom stereocenters. The third-order valence-electron chi connectivity index (χ3n) is 5.12. The van der Waals surface area contributed by atoms with Crippen LogP contribution < -0.4 is 4.74 Å². The zero-order valence-electron chi connectivity index (χ0n) is 16.7. The fraction of sp³-hybridized carbons (Fsp3) is 0.474. The van der Waals surface area contributed by atoms with Crippen LogP contribution in [0.5, 0.6) is 5.75 Å². The maximum atomic E-state index is 13.2. The van der Waals surface area contributed by atoms with Gasteiger partial charge >= 0.3 is 0 Å². The Morgan fingerprint density at radius 3 is 2.46 bits per heavy atom. The van der Waals surface area contributed by atoms with Crippen LogP contribution in [0.2, 0.25) is 0 Å². The molecule has 0 N–H and O–H groups in total. The number of aromatic nitrogens is 2. The first kappa shape index (κ1) is 20.3. The largest absolute Gasteiger partial charge is 0.496 e. The highest BCUT2D eigenvalue weighted by atomic mass is 32.2. The normalized spacial score (nSPS) is 16.1. The number of methoxy groups -OCH3 is 1. The number of aryl methyl sites for hydroxylation is 2. The summed E-state index contributed by atoms with van der Waals surface area (Å²) in [4.78, 5) is 14.9. The first-order valence-corrected chi connectivity index (χ1v) is 10.6. The summed E-state index contributed by atoms with van der Waals surface area (Å²) in [5.41, 5.74) is 1.59. The van der Waals surface area contributed by atoms with Gasteiger partial charge in [-0.05, 0) is 32.4 Å². The van der Waals surface area contributed by atoms with Crippen molar-refractivity contribution in [1.29, 1.82) is 0 Å².